The molecule has 7 nitrogen and oxygen atoms in total. The van der Waals surface area contributed by atoms with Crippen LogP contribution in [0.15, 0.2) is 90.2 Å². The molecule has 4 aromatic rings. The fourth-order valence-electron chi connectivity index (χ4n) is 2.73. The van der Waals surface area contributed by atoms with Crippen molar-refractivity contribution in [3.8, 4) is 16.8 Å². The van der Waals surface area contributed by atoms with Crippen LogP contribution >= 0.6 is 0 Å². The highest BCUT2D eigenvalue weighted by Gasteiger charge is 2.15. The summed E-state index contributed by atoms with van der Waals surface area (Å²) in [7, 11) is -3.68. The minimum absolute atomic E-state index is 0.0446. The van der Waals surface area contributed by atoms with Gasteiger partial charge in [0, 0.05) is 12.4 Å². The summed E-state index contributed by atoms with van der Waals surface area (Å²) in [5.74, 6) is 0. The quantitative estimate of drug-likeness (QED) is 0.546. The predicted molar refractivity (Wildman–Crippen MR) is 105 cm³/mol. The maximum atomic E-state index is 12.7. The number of aromatic nitrogens is 4. The lowest BCUT2D eigenvalue weighted by Crippen LogP contribution is -2.23. The van der Waals surface area contributed by atoms with Crippen molar-refractivity contribution in [3.63, 3.8) is 0 Å². The van der Waals surface area contributed by atoms with E-state index in [1.807, 2.05) is 36.4 Å². The van der Waals surface area contributed by atoms with Gasteiger partial charge >= 0.3 is 0 Å². The van der Waals surface area contributed by atoms with Gasteiger partial charge in [0.25, 0.3) is 0 Å². The highest BCUT2D eigenvalue weighted by Crippen LogP contribution is 2.22. The molecule has 1 N–H and O–H groups in total. The minimum Gasteiger partial charge on any atom is -0.265 e. The predicted octanol–water partition coefficient (Wildman–Crippen LogP) is 2.81. The largest absolute Gasteiger partial charge is 0.265 e. The van der Waals surface area contributed by atoms with Crippen LogP contribution in [0.25, 0.3) is 16.8 Å². The topological polar surface area (TPSA) is 89.8 Å². The van der Waals surface area contributed by atoms with Gasteiger partial charge in [-0.2, -0.15) is 0 Å². The van der Waals surface area contributed by atoms with Crippen LogP contribution in [0.5, 0.6) is 0 Å². The van der Waals surface area contributed by atoms with E-state index in [4.69, 9.17) is 0 Å². The van der Waals surface area contributed by atoms with Gasteiger partial charge in [-0.05, 0) is 35.4 Å². The first kappa shape index (κ1) is 18.0. The molecule has 0 aliphatic rings. The standard InChI is InChI=1S/C20H17N5O2S/c26-28(27,20-8-4-7-17(13-20)16-5-2-1-3-6-16)22-14-18-15-25(24-23-18)19-9-11-21-12-10-19/h1-13,15,22H,14H2. The van der Waals surface area contributed by atoms with Crippen molar-refractivity contribution in [2.75, 3.05) is 0 Å². The first-order valence-corrected chi connectivity index (χ1v) is 10.1. The number of rotatable bonds is 6. The van der Waals surface area contributed by atoms with Gasteiger partial charge < -0.3 is 0 Å². The fourth-order valence-corrected chi connectivity index (χ4v) is 3.77. The highest BCUT2D eigenvalue weighted by molar-refractivity contribution is 7.89. The Bertz CT molecular complexity index is 1180. The number of hydrogen-bond acceptors (Lipinski definition) is 5. The summed E-state index contributed by atoms with van der Waals surface area (Å²) in [5, 5.41) is 8.04. The molecule has 140 valence electrons. The molecule has 8 heteroatoms. The molecule has 0 aliphatic heterocycles. The van der Waals surface area contributed by atoms with Gasteiger partial charge in [0.1, 0.15) is 0 Å². The summed E-state index contributed by atoms with van der Waals surface area (Å²) in [6, 6.07) is 20.1. The van der Waals surface area contributed by atoms with E-state index in [2.05, 4.69) is 20.0 Å². The molecular formula is C20H17N5O2S. The van der Waals surface area contributed by atoms with Gasteiger partial charge in [-0.1, -0.05) is 47.7 Å². The number of pyridine rings is 1. The van der Waals surface area contributed by atoms with Crippen molar-refractivity contribution in [2.45, 2.75) is 11.4 Å². The molecule has 0 amide bonds. The van der Waals surface area contributed by atoms with Gasteiger partial charge in [0.15, 0.2) is 0 Å². The molecular weight excluding hydrogens is 374 g/mol. The van der Waals surface area contributed by atoms with Crippen LogP contribution < -0.4 is 4.72 Å². The second kappa shape index (κ2) is 7.71. The number of hydrogen-bond donors (Lipinski definition) is 1. The number of sulfonamides is 1. The van der Waals surface area contributed by atoms with Crippen molar-refractivity contribution in [3.05, 3.63) is 91.0 Å². The second-order valence-electron chi connectivity index (χ2n) is 6.08. The maximum Gasteiger partial charge on any atom is 0.240 e. The van der Waals surface area contributed by atoms with E-state index in [1.165, 1.54) is 0 Å². The fraction of sp³-hybridized carbons (Fsp3) is 0.0500. The molecule has 4 rings (SSSR count). The van der Waals surface area contributed by atoms with E-state index in [1.54, 1.807) is 53.6 Å². The lowest BCUT2D eigenvalue weighted by atomic mass is 10.1. The maximum absolute atomic E-state index is 12.7. The molecule has 0 radical (unpaired) electrons. The zero-order chi connectivity index (χ0) is 19.4. The zero-order valence-corrected chi connectivity index (χ0v) is 15.6. The third-order valence-electron chi connectivity index (χ3n) is 4.16. The van der Waals surface area contributed by atoms with Gasteiger partial charge in [-0.25, -0.2) is 17.8 Å². The first-order valence-electron chi connectivity index (χ1n) is 8.59. The highest BCUT2D eigenvalue weighted by atomic mass is 32.2. The van der Waals surface area contributed by atoms with Gasteiger partial charge in [-0.15, -0.1) is 5.10 Å². The van der Waals surface area contributed by atoms with Crippen LogP contribution in [0.3, 0.4) is 0 Å². The summed E-state index contributed by atoms with van der Waals surface area (Å²) in [6.45, 7) is 0.0446. The molecule has 0 atom stereocenters. The van der Waals surface area contributed by atoms with Crippen LogP contribution in [0.2, 0.25) is 0 Å². The minimum atomic E-state index is -3.68. The number of nitrogens with one attached hydrogen (secondary N) is 1. The second-order valence-corrected chi connectivity index (χ2v) is 7.85. The monoisotopic (exact) mass is 391 g/mol. The van der Waals surface area contributed by atoms with E-state index in [9.17, 15) is 8.42 Å². The normalized spacial score (nSPS) is 11.4. The van der Waals surface area contributed by atoms with Crippen molar-refractivity contribution in [2.24, 2.45) is 0 Å². The summed E-state index contributed by atoms with van der Waals surface area (Å²) < 4.78 is 29.5. The molecule has 0 fully saturated rings. The van der Waals surface area contributed by atoms with Crippen molar-refractivity contribution >= 4 is 10.0 Å². The molecule has 2 aromatic heterocycles. The number of nitrogens with zero attached hydrogens (tertiary/aromatic N) is 4. The van der Waals surface area contributed by atoms with E-state index in [0.29, 0.717) is 5.69 Å². The molecule has 0 saturated heterocycles. The summed E-state index contributed by atoms with van der Waals surface area (Å²) in [6.07, 6.45) is 4.98. The van der Waals surface area contributed by atoms with E-state index in [0.717, 1.165) is 16.8 Å². The average molecular weight is 391 g/mol. The van der Waals surface area contributed by atoms with Gasteiger partial charge in [-0.3, -0.25) is 4.98 Å². The van der Waals surface area contributed by atoms with Crippen LogP contribution in [0.1, 0.15) is 5.69 Å². The third-order valence-corrected chi connectivity index (χ3v) is 5.56. The van der Waals surface area contributed by atoms with Crippen molar-refractivity contribution in [1.29, 1.82) is 0 Å². The van der Waals surface area contributed by atoms with E-state index < -0.39 is 10.0 Å². The van der Waals surface area contributed by atoms with Crippen LogP contribution in [0, 0.1) is 0 Å². The lowest BCUT2D eigenvalue weighted by molar-refractivity contribution is 0.580. The molecule has 28 heavy (non-hydrogen) atoms. The Kier molecular flexibility index (Phi) is 4.96. The zero-order valence-electron chi connectivity index (χ0n) is 14.8. The molecule has 0 saturated carbocycles. The Morgan fingerprint density at radius 2 is 1.64 bits per heavy atom. The molecule has 0 unspecified atom stereocenters. The summed E-state index contributed by atoms with van der Waals surface area (Å²) >= 11 is 0. The first-order chi connectivity index (χ1) is 13.6. The van der Waals surface area contributed by atoms with Gasteiger partial charge in [0.05, 0.1) is 29.0 Å². The summed E-state index contributed by atoms with van der Waals surface area (Å²) in [5.41, 5.74) is 3.11. The Balaban J connectivity index is 1.50. The molecule has 2 aromatic carbocycles. The van der Waals surface area contributed by atoms with Crippen molar-refractivity contribution < 1.29 is 8.42 Å². The smallest absolute Gasteiger partial charge is 0.240 e. The SMILES string of the molecule is O=S(=O)(NCc1cn(-c2ccncc2)nn1)c1cccc(-c2ccccc2)c1. The molecule has 0 bridgehead atoms. The van der Waals surface area contributed by atoms with Crippen LogP contribution in [-0.2, 0) is 16.6 Å². The molecule has 0 aliphatic carbocycles. The van der Waals surface area contributed by atoms with Crippen molar-refractivity contribution in [1.82, 2.24) is 24.7 Å². The summed E-state index contributed by atoms with van der Waals surface area (Å²) in [4.78, 5) is 4.16. The third kappa shape index (κ3) is 3.98. The Morgan fingerprint density at radius 1 is 0.893 bits per heavy atom. The van der Waals surface area contributed by atoms with Gasteiger partial charge in [0.2, 0.25) is 10.0 Å². The Morgan fingerprint density at radius 3 is 2.43 bits per heavy atom. The van der Waals surface area contributed by atoms with E-state index >= 15 is 0 Å². The average Bonchev–Trinajstić information content (AvgIpc) is 3.23. The van der Waals surface area contributed by atoms with E-state index in [-0.39, 0.29) is 11.4 Å². The van der Waals surface area contributed by atoms with Crippen LogP contribution in [0.4, 0.5) is 0 Å². The number of benzene rings is 2. The molecule has 2 heterocycles. The van der Waals surface area contributed by atoms with Crippen LogP contribution in [-0.4, -0.2) is 28.4 Å². The molecule has 0 spiro atoms. The Labute approximate surface area is 162 Å². The Hall–Kier alpha value is -3.36. The lowest BCUT2D eigenvalue weighted by Gasteiger charge is -2.08.